The molecule has 9 heteroatoms. The first-order valence-corrected chi connectivity index (χ1v) is 14.9. The Kier molecular flexibility index (Phi) is 7.88. The van der Waals surface area contributed by atoms with E-state index in [1.54, 1.807) is 18.2 Å². The third kappa shape index (κ3) is 5.40. The molecule has 44 heavy (non-hydrogen) atoms. The maximum Gasteiger partial charge on any atom is 0.269 e. The van der Waals surface area contributed by atoms with Gasteiger partial charge in [0.15, 0.2) is 0 Å². The monoisotopic (exact) mass is 595 g/mol. The number of anilines is 1. The number of non-ortho nitro benzene ring substituents is 1. The lowest BCUT2D eigenvalue weighted by Gasteiger charge is -2.15. The van der Waals surface area contributed by atoms with E-state index in [4.69, 9.17) is 0 Å². The number of amides is 1. The van der Waals surface area contributed by atoms with Gasteiger partial charge in [-0.1, -0.05) is 60.7 Å². The highest BCUT2D eigenvalue weighted by atomic mass is 32.1. The molecule has 0 saturated heterocycles. The predicted molar refractivity (Wildman–Crippen MR) is 171 cm³/mol. The highest BCUT2D eigenvalue weighted by Gasteiger charge is 2.24. The van der Waals surface area contributed by atoms with Gasteiger partial charge in [0.05, 0.1) is 21.9 Å². The van der Waals surface area contributed by atoms with E-state index in [9.17, 15) is 25.4 Å². The quantitative estimate of drug-likeness (QED) is 0.0881. The minimum atomic E-state index is -0.592. The SMILES string of the molecule is N#C/C(=C\c1cc(-c2ccccc2)n(-c2ccc([N+](=O)[O-])cc2)c1-c1ccccc1)C(=O)Nc1sc2c(c1C#N)CCCC2. The van der Waals surface area contributed by atoms with Crippen LogP contribution in [0.3, 0.4) is 0 Å². The van der Waals surface area contributed by atoms with Crippen molar-refractivity contribution in [1.82, 2.24) is 4.57 Å². The van der Waals surface area contributed by atoms with E-state index in [2.05, 4.69) is 17.5 Å². The van der Waals surface area contributed by atoms with Crippen LogP contribution in [0, 0.1) is 32.8 Å². The number of carbonyl (C=O) groups excluding carboxylic acids is 1. The lowest BCUT2D eigenvalue weighted by atomic mass is 9.96. The Labute approximate surface area is 257 Å². The predicted octanol–water partition coefficient (Wildman–Crippen LogP) is 8.08. The van der Waals surface area contributed by atoms with Crippen LogP contribution in [0.2, 0.25) is 0 Å². The molecule has 0 unspecified atom stereocenters. The molecule has 0 aliphatic heterocycles. The second-order valence-electron chi connectivity index (χ2n) is 10.3. The number of nitro benzene ring substituents is 1. The molecule has 6 rings (SSSR count). The van der Waals surface area contributed by atoms with E-state index in [0.717, 1.165) is 52.9 Å². The lowest BCUT2D eigenvalue weighted by Crippen LogP contribution is -2.13. The fraction of sp³-hybridized carbons (Fsp3) is 0.114. The fourth-order valence-electron chi connectivity index (χ4n) is 5.59. The van der Waals surface area contributed by atoms with Crippen LogP contribution < -0.4 is 5.32 Å². The molecule has 0 saturated carbocycles. The second-order valence-corrected chi connectivity index (χ2v) is 11.4. The smallest absolute Gasteiger partial charge is 0.269 e. The molecule has 1 N–H and O–H groups in total. The van der Waals surface area contributed by atoms with E-state index in [0.29, 0.717) is 27.5 Å². The average Bonchev–Trinajstić information content (AvgIpc) is 3.62. The fourth-order valence-corrected chi connectivity index (χ4v) is 6.83. The molecule has 1 amide bonds. The van der Waals surface area contributed by atoms with Gasteiger partial charge in [0, 0.05) is 28.3 Å². The van der Waals surface area contributed by atoms with Crippen LogP contribution in [0.1, 0.15) is 34.4 Å². The molecule has 0 radical (unpaired) electrons. The van der Waals surface area contributed by atoms with E-state index < -0.39 is 10.8 Å². The molecule has 214 valence electrons. The summed E-state index contributed by atoms with van der Waals surface area (Å²) in [4.78, 5) is 25.6. The normalized spacial score (nSPS) is 12.5. The molecule has 0 atom stereocenters. The molecule has 0 spiro atoms. The summed E-state index contributed by atoms with van der Waals surface area (Å²) < 4.78 is 1.98. The molecular weight excluding hydrogens is 570 g/mol. The van der Waals surface area contributed by atoms with Gasteiger partial charge in [-0.3, -0.25) is 14.9 Å². The number of thiophene rings is 1. The topological polar surface area (TPSA) is 125 Å². The lowest BCUT2D eigenvalue weighted by molar-refractivity contribution is -0.384. The minimum absolute atomic E-state index is 0.0287. The highest BCUT2D eigenvalue weighted by Crippen LogP contribution is 2.39. The number of nitrogens with one attached hydrogen (secondary N) is 1. The number of aryl methyl sites for hydroxylation is 1. The molecule has 0 fully saturated rings. The number of nitriles is 2. The number of benzene rings is 3. The zero-order chi connectivity index (χ0) is 30.6. The number of rotatable bonds is 7. The Morgan fingerprint density at radius 2 is 1.59 bits per heavy atom. The Hall–Kier alpha value is -5.77. The van der Waals surface area contributed by atoms with Crippen LogP contribution >= 0.6 is 11.3 Å². The van der Waals surface area contributed by atoms with Crippen LogP contribution in [-0.4, -0.2) is 15.4 Å². The minimum Gasteiger partial charge on any atom is -0.312 e. The third-order valence-corrected chi connectivity index (χ3v) is 8.85. The number of nitro groups is 1. The Balaban J connectivity index is 1.51. The summed E-state index contributed by atoms with van der Waals surface area (Å²) in [6.07, 6.45) is 5.31. The van der Waals surface area contributed by atoms with Crippen molar-refractivity contribution < 1.29 is 9.72 Å². The van der Waals surface area contributed by atoms with Gasteiger partial charge in [-0.05, 0) is 66.6 Å². The van der Waals surface area contributed by atoms with Gasteiger partial charge < -0.3 is 9.88 Å². The van der Waals surface area contributed by atoms with Crippen LogP contribution in [0.5, 0.6) is 0 Å². The third-order valence-electron chi connectivity index (χ3n) is 7.64. The maximum atomic E-state index is 13.5. The number of nitrogens with zero attached hydrogens (tertiary/aromatic N) is 4. The van der Waals surface area contributed by atoms with Gasteiger partial charge >= 0.3 is 0 Å². The van der Waals surface area contributed by atoms with E-state index in [1.807, 2.05) is 71.3 Å². The number of aromatic nitrogens is 1. The first-order valence-electron chi connectivity index (χ1n) is 14.1. The number of hydrogen-bond acceptors (Lipinski definition) is 6. The molecule has 3 aromatic carbocycles. The van der Waals surface area contributed by atoms with Crippen molar-refractivity contribution >= 4 is 34.0 Å². The molecule has 1 aliphatic rings. The standard InChI is InChI=1S/C35H25N5O3S/c36-21-26(34(41)38-35-30(22-37)29-13-7-8-14-32(29)44-35)19-25-20-31(23-9-3-1-4-10-23)39(33(25)24-11-5-2-6-12-24)27-15-17-28(18-16-27)40(42)43/h1-6,9-12,15-20H,7-8,13-14H2,(H,38,41)/b26-19+. The van der Waals surface area contributed by atoms with Crippen molar-refractivity contribution in [3.05, 3.63) is 128 Å². The van der Waals surface area contributed by atoms with Crippen molar-refractivity contribution in [3.63, 3.8) is 0 Å². The van der Waals surface area contributed by atoms with Crippen LogP contribution in [0.15, 0.2) is 96.6 Å². The van der Waals surface area contributed by atoms with Crippen molar-refractivity contribution in [1.29, 1.82) is 10.5 Å². The Bertz CT molecular complexity index is 1990. The van der Waals surface area contributed by atoms with Crippen LogP contribution in [-0.2, 0) is 17.6 Å². The van der Waals surface area contributed by atoms with Crippen molar-refractivity contribution in [2.75, 3.05) is 5.32 Å². The molecule has 2 heterocycles. The second kappa shape index (κ2) is 12.2. The number of carbonyl (C=O) groups is 1. The van der Waals surface area contributed by atoms with E-state index in [-0.39, 0.29) is 11.3 Å². The van der Waals surface area contributed by atoms with Crippen molar-refractivity contribution in [2.24, 2.45) is 0 Å². The summed E-state index contributed by atoms with van der Waals surface area (Å²) in [5, 5.41) is 34.7. The van der Waals surface area contributed by atoms with Gasteiger partial charge in [0.1, 0.15) is 22.7 Å². The molecular formula is C35H25N5O3S. The van der Waals surface area contributed by atoms with Crippen molar-refractivity contribution in [2.45, 2.75) is 25.7 Å². The molecule has 8 nitrogen and oxygen atoms in total. The Morgan fingerprint density at radius 3 is 2.23 bits per heavy atom. The first kappa shape index (κ1) is 28.4. The summed E-state index contributed by atoms with van der Waals surface area (Å²) in [6, 6.07) is 31.7. The Morgan fingerprint density at radius 1 is 0.932 bits per heavy atom. The maximum absolute atomic E-state index is 13.5. The number of hydrogen-bond donors (Lipinski definition) is 1. The summed E-state index contributed by atoms with van der Waals surface area (Å²) in [5.41, 5.74) is 5.84. The molecule has 1 aliphatic carbocycles. The zero-order valence-corrected chi connectivity index (χ0v) is 24.3. The van der Waals surface area contributed by atoms with E-state index in [1.165, 1.54) is 23.5 Å². The first-order chi connectivity index (χ1) is 21.5. The molecule has 2 aromatic heterocycles. The zero-order valence-electron chi connectivity index (χ0n) is 23.5. The van der Waals surface area contributed by atoms with Gasteiger partial charge in [-0.2, -0.15) is 10.5 Å². The van der Waals surface area contributed by atoms with Crippen LogP contribution in [0.4, 0.5) is 10.7 Å². The molecule has 0 bridgehead atoms. The number of fused-ring (bicyclic) bond motifs is 1. The van der Waals surface area contributed by atoms with Crippen molar-refractivity contribution in [3.8, 4) is 40.3 Å². The summed E-state index contributed by atoms with van der Waals surface area (Å²) >= 11 is 1.41. The van der Waals surface area contributed by atoms with Gasteiger partial charge in [0.2, 0.25) is 0 Å². The van der Waals surface area contributed by atoms with Crippen LogP contribution in [0.25, 0.3) is 34.3 Å². The van der Waals surface area contributed by atoms with Gasteiger partial charge in [0.25, 0.3) is 11.6 Å². The summed E-state index contributed by atoms with van der Waals surface area (Å²) in [5.74, 6) is -0.592. The highest BCUT2D eigenvalue weighted by molar-refractivity contribution is 7.16. The average molecular weight is 596 g/mol. The van der Waals surface area contributed by atoms with Gasteiger partial charge in [-0.15, -0.1) is 11.3 Å². The summed E-state index contributed by atoms with van der Waals surface area (Å²) in [7, 11) is 0. The molecule has 5 aromatic rings. The van der Waals surface area contributed by atoms with Gasteiger partial charge in [-0.25, -0.2) is 0 Å². The summed E-state index contributed by atoms with van der Waals surface area (Å²) in [6.45, 7) is 0. The largest absolute Gasteiger partial charge is 0.312 e. The van der Waals surface area contributed by atoms with E-state index >= 15 is 0 Å².